The molecule has 0 saturated carbocycles. The van der Waals surface area contributed by atoms with E-state index in [-0.39, 0.29) is 6.61 Å². The number of nitrogens with one attached hydrogen (secondary N) is 1. The molecule has 0 aliphatic rings. The van der Waals surface area contributed by atoms with E-state index in [0.717, 1.165) is 0 Å². The summed E-state index contributed by atoms with van der Waals surface area (Å²) in [5.74, 6) is 0.811. The first-order valence-corrected chi connectivity index (χ1v) is 9.02. The molecule has 0 aliphatic carbocycles. The molecule has 1 heterocycles. The Hall–Kier alpha value is -1.31. The molecule has 0 saturated heterocycles. The van der Waals surface area contributed by atoms with E-state index in [1.165, 1.54) is 0 Å². The molecule has 1 unspecified atom stereocenters. The Balaban J connectivity index is 1.75. The number of hydrogen-bond donors (Lipinski definition) is 2. The fraction of sp³-hybridized carbons (Fsp3) is 0.412. The van der Waals surface area contributed by atoms with Gasteiger partial charge < -0.3 is 19.9 Å². The molecule has 2 aromatic rings. The monoisotopic (exact) mass is 419 g/mol. The van der Waals surface area contributed by atoms with Crippen molar-refractivity contribution in [2.75, 3.05) is 19.8 Å². The van der Waals surface area contributed by atoms with Crippen molar-refractivity contribution in [3.8, 4) is 11.6 Å². The maximum absolute atomic E-state index is 10.1. The third-order valence-electron chi connectivity index (χ3n) is 3.35. The van der Waals surface area contributed by atoms with Gasteiger partial charge in [-0.1, -0.05) is 40.9 Å². The number of ether oxygens (including phenoxy) is 2. The Morgan fingerprint density at radius 1 is 1.12 bits per heavy atom. The summed E-state index contributed by atoms with van der Waals surface area (Å²) in [4.78, 5) is 0. The normalized spacial score (nSPS) is 12.7. The molecule has 0 spiro atoms. The lowest BCUT2D eigenvalue weighted by molar-refractivity contribution is 0.0923. The number of aliphatic hydroxyl groups is 1. The van der Waals surface area contributed by atoms with Crippen molar-refractivity contribution in [1.82, 2.24) is 15.5 Å². The topological polar surface area (TPSA) is 76.5 Å². The highest BCUT2D eigenvalue weighted by Crippen LogP contribution is 2.31. The van der Waals surface area contributed by atoms with Crippen molar-refractivity contribution in [3.05, 3.63) is 45.5 Å². The maximum Gasteiger partial charge on any atom is 0.233 e. The van der Waals surface area contributed by atoms with Gasteiger partial charge in [-0.05, 0) is 32.0 Å². The van der Waals surface area contributed by atoms with Crippen LogP contribution in [0.2, 0.25) is 15.2 Å². The number of β-amino-alcohol motifs (C(OH)–C–C–N with tert-alkyl or cyclic N) is 1. The smallest absolute Gasteiger partial charge is 0.233 e. The van der Waals surface area contributed by atoms with E-state index in [9.17, 15) is 5.11 Å². The molecule has 2 N–H and O–H groups in total. The maximum atomic E-state index is 10.1. The number of aromatic nitrogens is 2. The standard InChI is InChI=1S/C17H20Cl3N3O3/c1-17(2,10-26-15-7-6-14(19)22-23-15)21-8-11(24)9-25-13-5-3-4-12(18)16(13)20/h3-7,11,21,24H,8-10H2,1-2H3. The Kier molecular flexibility index (Phi) is 7.73. The largest absolute Gasteiger partial charge is 0.489 e. The lowest BCUT2D eigenvalue weighted by Gasteiger charge is -2.27. The van der Waals surface area contributed by atoms with Crippen LogP contribution in [-0.2, 0) is 0 Å². The molecule has 9 heteroatoms. The second-order valence-electron chi connectivity index (χ2n) is 6.26. The zero-order chi connectivity index (χ0) is 19.2. The average Bonchev–Trinajstić information content (AvgIpc) is 2.61. The molecule has 6 nitrogen and oxygen atoms in total. The van der Waals surface area contributed by atoms with Crippen molar-refractivity contribution < 1.29 is 14.6 Å². The van der Waals surface area contributed by atoms with Gasteiger partial charge in [0.1, 0.15) is 30.1 Å². The minimum atomic E-state index is -0.736. The Morgan fingerprint density at radius 2 is 1.88 bits per heavy atom. The summed E-state index contributed by atoms with van der Waals surface area (Å²) in [6.07, 6.45) is -0.736. The summed E-state index contributed by atoms with van der Waals surface area (Å²) in [5.41, 5.74) is -0.407. The molecule has 0 bridgehead atoms. The van der Waals surface area contributed by atoms with Crippen LogP contribution in [0.5, 0.6) is 11.6 Å². The van der Waals surface area contributed by atoms with Gasteiger partial charge in [-0.15, -0.1) is 10.2 Å². The Morgan fingerprint density at radius 3 is 2.58 bits per heavy atom. The van der Waals surface area contributed by atoms with E-state index in [1.807, 2.05) is 13.8 Å². The van der Waals surface area contributed by atoms with E-state index in [1.54, 1.807) is 30.3 Å². The van der Waals surface area contributed by atoms with Crippen LogP contribution in [0, 0.1) is 0 Å². The molecule has 26 heavy (non-hydrogen) atoms. The van der Waals surface area contributed by atoms with Crippen molar-refractivity contribution in [1.29, 1.82) is 0 Å². The second kappa shape index (κ2) is 9.58. The molecular formula is C17H20Cl3N3O3. The fourth-order valence-electron chi connectivity index (χ4n) is 1.92. The quantitative estimate of drug-likeness (QED) is 0.645. The number of nitrogens with zero attached hydrogens (tertiary/aromatic N) is 2. The summed E-state index contributed by atoms with van der Waals surface area (Å²) in [5, 5.41) is 21.9. The van der Waals surface area contributed by atoms with Crippen LogP contribution in [0.1, 0.15) is 13.8 Å². The van der Waals surface area contributed by atoms with Crippen molar-refractivity contribution >= 4 is 34.8 Å². The third-order valence-corrected chi connectivity index (χ3v) is 4.36. The SMILES string of the molecule is CC(C)(COc1ccc(Cl)nn1)NCC(O)COc1cccc(Cl)c1Cl. The first-order chi connectivity index (χ1) is 12.3. The van der Waals surface area contributed by atoms with Gasteiger partial charge in [0.05, 0.1) is 5.02 Å². The van der Waals surface area contributed by atoms with Gasteiger partial charge in [0.2, 0.25) is 5.88 Å². The van der Waals surface area contributed by atoms with Gasteiger partial charge in [0.15, 0.2) is 5.15 Å². The van der Waals surface area contributed by atoms with Crippen molar-refractivity contribution in [3.63, 3.8) is 0 Å². The summed E-state index contributed by atoms with van der Waals surface area (Å²) in [6.45, 7) is 4.60. The van der Waals surface area contributed by atoms with Gasteiger partial charge in [-0.2, -0.15) is 0 Å². The molecule has 0 amide bonds. The van der Waals surface area contributed by atoms with Crippen LogP contribution in [-0.4, -0.2) is 46.7 Å². The highest BCUT2D eigenvalue weighted by molar-refractivity contribution is 6.42. The summed E-state index contributed by atoms with van der Waals surface area (Å²) < 4.78 is 11.1. The van der Waals surface area contributed by atoms with Crippen LogP contribution < -0.4 is 14.8 Å². The minimum absolute atomic E-state index is 0.0761. The van der Waals surface area contributed by atoms with E-state index in [0.29, 0.717) is 40.0 Å². The number of aliphatic hydroxyl groups excluding tert-OH is 1. The molecule has 1 aromatic heterocycles. The summed E-state index contributed by atoms with van der Waals surface area (Å²) in [7, 11) is 0. The number of benzene rings is 1. The molecule has 0 aliphatic heterocycles. The number of rotatable bonds is 9. The van der Waals surface area contributed by atoms with Crippen LogP contribution >= 0.6 is 34.8 Å². The first kappa shape index (κ1) is 21.0. The van der Waals surface area contributed by atoms with Gasteiger partial charge in [-0.3, -0.25) is 0 Å². The van der Waals surface area contributed by atoms with Crippen molar-refractivity contribution in [2.24, 2.45) is 0 Å². The van der Waals surface area contributed by atoms with E-state index >= 15 is 0 Å². The number of halogens is 3. The molecule has 1 aromatic carbocycles. The fourth-order valence-corrected chi connectivity index (χ4v) is 2.37. The Labute approximate surface area is 167 Å². The zero-order valence-corrected chi connectivity index (χ0v) is 16.6. The predicted octanol–water partition coefficient (Wildman–Crippen LogP) is 3.62. The minimum Gasteiger partial charge on any atom is -0.489 e. The van der Waals surface area contributed by atoms with Gasteiger partial charge in [0.25, 0.3) is 0 Å². The van der Waals surface area contributed by atoms with Gasteiger partial charge in [-0.25, -0.2) is 0 Å². The predicted molar refractivity (Wildman–Crippen MR) is 103 cm³/mol. The highest BCUT2D eigenvalue weighted by atomic mass is 35.5. The molecule has 0 fully saturated rings. The molecular weight excluding hydrogens is 401 g/mol. The van der Waals surface area contributed by atoms with Crippen LogP contribution in [0.25, 0.3) is 0 Å². The van der Waals surface area contributed by atoms with E-state index < -0.39 is 11.6 Å². The zero-order valence-electron chi connectivity index (χ0n) is 14.4. The molecule has 2 rings (SSSR count). The van der Waals surface area contributed by atoms with E-state index in [4.69, 9.17) is 44.3 Å². The molecule has 142 valence electrons. The van der Waals surface area contributed by atoms with Crippen LogP contribution in [0.3, 0.4) is 0 Å². The third kappa shape index (κ3) is 6.78. The molecule has 1 atom stereocenters. The van der Waals surface area contributed by atoms with Crippen LogP contribution in [0.15, 0.2) is 30.3 Å². The molecule has 0 radical (unpaired) electrons. The highest BCUT2D eigenvalue weighted by Gasteiger charge is 2.20. The lowest BCUT2D eigenvalue weighted by Crippen LogP contribution is -2.48. The lowest BCUT2D eigenvalue weighted by atomic mass is 10.1. The summed E-state index contributed by atoms with van der Waals surface area (Å²) in [6, 6.07) is 8.34. The van der Waals surface area contributed by atoms with Gasteiger partial charge in [0, 0.05) is 18.2 Å². The average molecular weight is 421 g/mol. The van der Waals surface area contributed by atoms with Gasteiger partial charge >= 0.3 is 0 Å². The Bertz CT molecular complexity index is 714. The second-order valence-corrected chi connectivity index (χ2v) is 7.44. The number of hydrogen-bond acceptors (Lipinski definition) is 6. The van der Waals surface area contributed by atoms with Crippen molar-refractivity contribution in [2.45, 2.75) is 25.5 Å². The summed E-state index contributed by atoms with van der Waals surface area (Å²) >= 11 is 17.7. The first-order valence-electron chi connectivity index (χ1n) is 7.89. The van der Waals surface area contributed by atoms with E-state index in [2.05, 4.69) is 15.5 Å². The van der Waals surface area contributed by atoms with Crippen LogP contribution in [0.4, 0.5) is 0 Å².